The van der Waals surface area contributed by atoms with Crippen LogP contribution in [-0.2, 0) is 10.0 Å². The van der Waals surface area contributed by atoms with Gasteiger partial charge in [-0.1, -0.05) is 42.5 Å². The first-order chi connectivity index (χ1) is 11.1. The number of sulfonamides is 1. The van der Waals surface area contributed by atoms with Gasteiger partial charge >= 0.3 is 0 Å². The summed E-state index contributed by atoms with van der Waals surface area (Å²) in [7, 11) is -3.44. The lowest BCUT2D eigenvalue weighted by molar-refractivity contribution is 0.376. The number of piperidine rings is 1. The zero-order chi connectivity index (χ0) is 16.1. The van der Waals surface area contributed by atoms with Gasteiger partial charge in [0.05, 0.1) is 4.90 Å². The second-order valence-corrected chi connectivity index (χ2v) is 7.72. The van der Waals surface area contributed by atoms with Crippen LogP contribution in [0, 0.1) is 5.92 Å². The second kappa shape index (κ2) is 7.25. The number of rotatable bonds is 5. The molecular weight excluding hydrogens is 308 g/mol. The fourth-order valence-electron chi connectivity index (χ4n) is 2.87. The maximum atomic E-state index is 12.4. The van der Waals surface area contributed by atoms with Crippen LogP contribution >= 0.6 is 0 Å². The van der Waals surface area contributed by atoms with Crippen LogP contribution in [0.25, 0.3) is 11.1 Å². The summed E-state index contributed by atoms with van der Waals surface area (Å²) in [6, 6.07) is 17.0. The van der Waals surface area contributed by atoms with Crippen molar-refractivity contribution in [1.82, 2.24) is 10.0 Å². The lowest BCUT2D eigenvalue weighted by Gasteiger charge is -2.22. The molecule has 122 valence electrons. The Kier molecular flexibility index (Phi) is 5.10. The van der Waals surface area contributed by atoms with Gasteiger partial charge in [0.2, 0.25) is 10.0 Å². The highest BCUT2D eigenvalue weighted by molar-refractivity contribution is 7.89. The molecule has 2 aromatic carbocycles. The third kappa shape index (κ3) is 4.19. The van der Waals surface area contributed by atoms with E-state index in [1.54, 1.807) is 12.1 Å². The maximum Gasteiger partial charge on any atom is 0.240 e. The number of nitrogens with one attached hydrogen (secondary N) is 2. The average Bonchev–Trinajstić information content (AvgIpc) is 2.62. The molecule has 3 rings (SSSR count). The molecule has 1 saturated heterocycles. The third-order valence-electron chi connectivity index (χ3n) is 4.23. The van der Waals surface area contributed by atoms with Gasteiger partial charge in [-0.15, -0.1) is 0 Å². The Morgan fingerprint density at radius 3 is 2.35 bits per heavy atom. The van der Waals surface area contributed by atoms with Gasteiger partial charge in [-0.05, 0) is 55.1 Å². The predicted octanol–water partition coefficient (Wildman–Crippen LogP) is 2.63. The fraction of sp³-hybridized carbons (Fsp3) is 0.333. The summed E-state index contributed by atoms with van der Waals surface area (Å²) in [4.78, 5) is 0.320. The minimum absolute atomic E-state index is 0.320. The van der Waals surface area contributed by atoms with E-state index in [2.05, 4.69) is 10.0 Å². The Bertz CT molecular complexity index is 721. The van der Waals surface area contributed by atoms with Crippen LogP contribution in [0.3, 0.4) is 0 Å². The van der Waals surface area contributed by atoms with Crippen molar-refractivity contribution in [3.05, 3.63) is 54.6 Å². The molecule has 0 spiro atoms. The molecule has 1 aliphatic rings. The van der Waals surface area contributed by atoms with Crippen molar-refractivity contribution in [3.63, 3.8) is 0 Å². The summed E-state index contributed by atoms with van der Waals surface area (Å²) in [5, 5.41) is 3.30. The van der Waals surface area contributed by atoms with Crippen molar-refractivity contribution in [1.29, 1.82) is 0 Å². The number of hydrogen-bond donors (Lipinski definition) is 2. The van der Waals surface area contributed by atoms with E-state index in [-0.39, 0.29) is 0 Å². The molecule has 1 unspecified atom stereocenters. The maximum absolute atomic E-state index is 12.4. The molecule has 4 nitrogen and oxygen atoms in total. The van der Waals surface area contributed by atoms with Gasteiger partial charge in [-0.2, -0.15) is 0 Å². The van der Waals surface area contributed by atoms with E-state index in [9.17, 15) is 8.42 Å². The lowest BCUT2D eigenvalue weighted by atomic mass is 10.0. The highest BCUT2D eigenvalue weighted by atomic mass is 32.2. The largest absolute Gasteiger partial charge is 0.316 e. The van der Waals surface area contributed by atoms with Crippen LogP contribution in [0.5, 0.6) is 0 Å². The van der Waals surface area contributed by atoms with E-state index in [1.807, 2.05) is 42.5 Å². The normalized spacial score (nSPS) is 18.7. The van der Waals surface area contributed by atoms with Crippen molar-refractivity contribution in [2.45, 2.75) is 17.7 Å². The molecule has 0 saturated carbocycles. The molecule has 1 heterocycles. The summed E-state index contributed by atoms with van der Waals surface area (Å²) >= 11 is 0. The van der Waals surface area contributed by atoms with Crippen LogP contribution in [-0.4, -0.2) is 28.1 Å². The molecule has 0 amide bonds. The van der Waals surface area contributed by atoms with Gasteiger partial charge < -0.3 is 5.32 Å². The van der Waals surface area contributed by atoms with Gasteiger partial charge in [-0.3, -0.25) is 0 Å². The molecule has 1 aliphatic heterocycles. The summed E-state index contributed by atoms with van der Waals surface area (Å²) < 4.78 is 27.5. The van der Waals surface area contributed by atoms with Crippen LogP contribution in [0.15, 0.2) is 59.5 Å². The van der Waals surface area contributed by atoms with E-state index in [0.717, 1.165) is 37.1 Å². The van der Waals surface area contributed by atoms with Crippen LogP contribution < -0.4 is 10.0 Å². The molecule has 0 radical (unpaired) electrons. The predicted molar refractivity (Wildman–Crippen MR) is 92.7 cm³/mol. The minimum atomic E-state index is -3.44. The van der Waals surface area contributed by atoms with E-state index >= 15 is 0 Å². The second-order valence-electron chi connectivity index (χ2n) is 5.95. The highest BCUT2D eigenvalue weighted by Crippen LogP contribution is 2.21. The molecule has 1 atom stereocenters. The third-order valence-corrected chi connectivity index (χ3v) is 5.67. The van der Waals surface area contributed by atoms with Crippen LogP contribution in [0.2, 0.25) is 0 Å². The molecule has 23 heavy (non-hydrogen) atoms. The van der Waals surface area contributed by atoms with Crippen molar-refractivity contribution < 1.29 is 8.42 Å². The Morgan fingerprint density at radius 2 is 1.70 bits per heavy atom. The van der Waals surface area contributed by atoms with E-state index in [1.165, 1.54) is 0 Å². The SMILES string of the molecule is O=S(=O)(NCC1CCCNC1)c1ccc(-c2ccccc2)cc1. The summed E-state index contributed by atoms with van der Waals surface area (Å²) in [5.74, 6) is 0.377. The standard InChI is InChI=1S/C18H22N2O2S/c21-23(22,20-14-15-5-4-12-19-13-15)18-10-8-17(9-11-18)16-6-2-1-3-7-16/h1-3,6-11,15,19-20H,4-5,12-14H2. The van der Waals surface area contributed by atoms with Crippen molar-refractivity contribution in [3.8, 4) is 11.1 Å². The fourth-order valence-corrected chi connectivity index (χ4v) is 3.98. The zero-order valence-corrected chi connectivity index (χ0v) is 13.9. The summed E-state index contributed by atoms with van der Waals surface area (Å²) in [5.41, 5.74) is 2.10. The van der Waals surface area contributed by atoms with Gasteiger partial charge in [0.1, 0.15) is 0 Å². The molecular formula is C18H22N2O2S. The summed E-state index contributed by atoms with van der Waals surface area (Å²) in [6.45, 7) is 2.41. The van der Waals surface area contributed by atoms with Gasteiger partial charge in [0, 0.05) is 6.54 Å². The highest BCUT2D eigenvalue weighted by Gasteiger charge is 2.18. The van der Waals surface area contributed by atoms with Gasteiger partial charge in [0.25, 0.3) is 0 Å². The van der Waals surface area contributed by atoms with E-state index in [4.69, 9.17) is 0 Å². The van der Waals surface area contributed by atoms with E-state index < -0.39 is 10.0 Å². The first kappa shape index (κ1) is 16.2. The monoisotopic (exact) mass is 330 g/mol. The zero-order valence-electron chi connectivity index (χ0n) is 13.0. The molecule has 0 aromatic heterocycles. The Labute approximate surface area is 138 Å². The Balaban J connectivity index is 1.67. The van der Waals surface area contributed by atoms with E-state index in [0.29, 0.717) is 17.4 Å². The molecule has 0 aliphatic carbocycles. The van der Waals surface area contributed by atoms with Crippen molar-refractivity contribution in [2.24, 2.45) is 5.92 Å². The Hall–Kier alpha value is -1.69. The van der Waals surface area contributed by atoms with Crippen LogP contribution in [0.1, 0.15) is 12.8 Å². The molecule has 5 heteroatoms. The molecule has 2 aromatic rings. The van der Waals surface area contributed by atoms with Crippen LogP contribution in [0.4, 0.5) is 0 Å². The van der Waals surface area contributed by atoms with Crippen molar-refractivity contribution >= 4 is 10.0 Å². The first-order valence-corrected chi connectivity index (χ1v) is 9.49. The first-order valence-electron chi connectivity index (χ1n) is 8.01. The van der Waals surface area contributed by atoms with Gasteiger partial charge in [-0.25, -0.2) is 13.1 Å². The topological polar surface area (TPSA) is 58.2 Å². The van der Waals surface area contributed by atoms with Gasteiger partial charge in [0.15, 0.2) is 0 Å². The number of hydrogen-bond acceptors (Lipinski definition) is 3. The van der Waals surface area contributed by atoms with Crippen molar-refractivity contribution in [2.75, 3.05) is 19.6 Å². The lowest BCUT2D eigenvalue weighted by Crippen LogP contribution is -2.38. The molecule has 1 fully saturated rings. The Morgan fingerprint density at radius 1 is 1.00 bits per heavy atom. The molecule has 0 bridgehead atoms. The number of benzene rings is 2. The average molecular weight is 330 g/mol. The smallest absolute Gasteiger partial charge is 0.240 e. The molecule has 2 N–H and O–H groups in total. The quantitative estimate of drug-likeness (QED) is 0.886. The minimum Gasteiger partial charge on any atom is -0.316 e. The summed E-state index contributed by atoms with van der Waals surface area (Å²) in [6.07, 6.45) is 2.18.